The van der Waals surface area contributed by atoms with Crippen molar-refractivity contribution in [3.63, 3.8) is 0 Å². The fraction of sp³-hybridized carbons (Fsp3) is 0.125. The summed E-state index contributed by atoms with van der Waals surface area (Å²) in [6, 6.07) is 8.02. The van der Waals surface area contributed by atoms with E-state index in [0.717, 1.165) is 0 Å². The fourth-order valence-corrected chi connectivity index (χ4v) is 1.19. The first kappa shape index (κ1) is 9.78. The molecule has 0 bridgehead atoms. The van der Waals surface area contributed by atoms with E-state index in [0.29, 0.717) is 5.69 Å². The zero-order chi connectivity index (χ0) is 10.9. The summed E-state index contributed by atoms with van der Waals surface area (Å²) in [5.74, 6) is -1.05. The van der Waals surface area contributed by atoms with Gasteiger partial charge in [-0.2, -0.15) is 13.2 Å². The largest absolute Gasteiger partial charge is 0.491 e. The molecule has 0 amide bonds. The third-order valence-electron chi connectivity index (χ3n) is 1.83. The van der Waals surface area contributed by atoms with Gasteiger partial charge in [0.15, 0.2) is 5.69 Å². The summed E-state index contributed by atoms with van der Waals surface area (Å²) in [4.78, 5) is 0. The van der Waals surface area contributed by atoms with Gasteiger partial charge in [0.1, 0.15) is 0 Å². The Bertz CT molecular complexity index is 410. The van der Waals surface area contributed by atoms with Crippen molar-refractivity contribution < 1.29 is 18.2 Å². The third-order valence-corrected chi connectivity index (χ3v) is 1.83. The summed E-state index contributed by atoms with van der Waals surface area (Å²) in [5, 5.41) is 9.16. The number of alkyl halides is 3. The first-order chi connectivity index (χ1) is 7.09. The number of hydrogen-bond donors (Lipinski definition) is 1. The lowest BCUT2D eigenvalue weighted by molar-refractivity contribution is -0.747. The van der Waals surface area contributed by atoms with Crippen LogP contribution in [0.3, 0.4) is 0 Å². The molecule has 0 saturated heterocycles. The van der Waals surface area contributed by atoms with E-state index in [1.54, 1.807) is 18.2 Å². The number of benzene rings is 1. The lowest BCUT2D eigenvalue weighted by Gasteiger charge is -2.09. The minimum Gasteiger partial charge on any atom is -0.160 e. The molecule has 1 heterocycles. The highest BCUT2D eigenvalue weighted by molar-refractivity contribution is 5.81. The molecular weight excluding hydrogens is 209 g/mol. The van der Waals surface area contributed by atoms with E-state index in [2.05, 4.69) is 15.5 Å². The van der Waals surface area contributed by atoms with Crippen molar-refractivity contribution in [3.05, 3.63) is 30.3 Å². The lowest BCUT2D eigenvalue weighted by atomic mass is 10.3. The Morgan fingerprint density at radius 1 is 1.07 bits per heavy atom. The molecule has 7 heteroatoms. The molecule has 0 radical (unpaired) electrons. The molecule has 1 unspecified atom stereocenters. The Morgan fingerprint density at radius 3 is 2.33 bits per heavy atom. The quantitative estimate of drug-likeness (QED) is 0.737. The van der Waals surface area contributed by atoms with Gasteiger partial charge in [-0.25, -0.2) is 0 Å². The highest BCUT2D eigenvalue weighted by Gasteiger charge is 2.49. The van der Waals surface area contributed by atoms with E-state index in [1.165, 1.54) is 12.1 Å². The molecule has 0 aromatic heterocycles. The summed E-state index contributed by atoms with van der Waals surface area (Å²) < 4.78 is 37.3. The van der Waals surface area contributed by atoms with Gasteiger partial charge in [0.05, 0.1) is 5.22 Å². The summed E-state index contributed by atoms with van der Waals surface area (Å²) in [6.45, 7) is 0. The maximum Gasteiger partial charge on any atom is 0.491 e. The summed E-state index contributed by atoms with van der Waals surface area (Å²) in [7, 11) is 0. The number of quaternary nitrogens is 1. The molecule has 0 fully saturated rings. The van der Waals surface area contributed by atoms with E-state index >= 15 is 0 Å². The number of rotatable bonds is 1. The molecule has 1 atom stereocenters. The molecule has 0 saturated carbocycles. The van der Waals surface area contributed by atoms with Crippen LogP contribution in [0, 0.1) is 0 Å². The van der Waals surface area contributed by atoms with Gasteiger partial charge in [-0.1, -0.05) is 23.3 Å². The monoisotopic (exact) mass is 215 g/mol. The van der Waals surface area contributed by atoms with Gasteiger partial charge in [0, 0.05) is 17.4 Å². The van der Waals surface area contributed by atoms with Gasteiger partial charge in [-0.15, -0.1) is 5.01 Å². The van der Waals surface area contributed by atoms with Crippen LogP contribution >= 0.6 is 0 Å². The molecule has 0 spiro atoms. The topological polar surface area (TPSA) is 41.5 Å². The molecule has 4 nitrogen and oxygen atoms in total. The van der Waals surface area contributed by atoms with Gasteiger partial charge >= 0.3 is 12.0 Å². The van der Waals surface area contributed by atoms with Crippen molar-refractivity contribution >= 4 is 11.5 Å². The van der Waals surface area contributed by atoms with Crippen LogP contribution in [-0.2, 0) is 0 Å². The SMILES string of the molecule is FC(F)(F)C1=NN=N[NH+]1c1ccccc1. The molecule has 15 heavy (non-hydrogen) atoms. The predicted octanol–water partition coefficient (Wildman–Crippen LogP) is 1.46. The van der Waals surface area contributed by atoms with Crippen LogP contribution < -0.4 is 5.01 Å². The molecule has 78 valence electrons. The number of amidine groups is 1. The van der Waals surface area contributed by atoms with Crippen LogP contribution in [-0.4, -0.2) is 12.0 Å². The number of para-hydroxylation sites is 1. The van der Waals surface area contributed by atoms with E-state index in [4.69, 9.17) is 0 Å². The van der Waals surface area contributed by atoms with Crippen LogP contribution in [0.15, 0.2) is 45.9 Å². The molecule has 0 aliphatic carbocycles. The van der Waals surface area contributed by atoms with Gasteiger partial charge < -0.3 is 0 Å². The Morgan fingerprint density at radius 2 is 1.73 bits per heavy atom. The average molecular weight is 215 g/mol. The average Bonchev–Trinajstić information content (AvgIpc) is 2.67. The number of hydrogen-bond acceptors (Lipinski definition) is 3. The molecule has 1 aromatic carbocycles. The van der Waals surface area contributed by atoms with Gasteiger partial charge in [0.2, 0.25) is 0 Å². The Hall–Kier alpha value is -1.76. The zero-order valence-electron chi connectivity index (χ0n) is 7.36. The minimum atomic E-state index is -4.52. The molecule has 1 aromatic rings. The van der Waals surface area contributed by atoms with Crippen molar-refractivity contribution in [3.8, 4) is 0 Å². The van der Waals surface area contributed by atoms with Crippen LogP contribution in [0.5, 0.6) is 0 Å². The maximum absolute atomic E-state index is 12.4. The molecule has 1 N–H and O–H groups in total. The zero-order valence-corrected chi connectivity index (χ0v) is 7.36. The van der Waals surface area contributed by atoms with E-state index in [1.807, 2.05) is 0 Å². The van der Waals surface area contributed by atoms with Crippen molar-refractivity contribution in [2.75, 3.05) is 0 Å². The summed E-state index contributed by atoms with van der Waals surface area (Å²) >= 11 is 0. The van der Waals surface area contributed by atoms with Crippen LogP contribution in [0.2, 0.25) is 0 Å². The predicted molar refractivity (Wildman–Crippen MR) is 45.4 cm³/mol. The van der Waals surface area contributed by atoms with E-state index < -0.39 is 12.0 Å². The fourth-order valence-electron chi connectivity index (χ4n) is 1.19. The Kier molecular flexibility index (Phi) is 2.24. The standard InChI is InChI=1S/C8H5F3N4/c9-8(10,11)7-12-13-14-15(7)6-4-2-1-3-5-6/h1-5H/p+1. The van der Waals surface area contributed by atoms with Gasteiger partial charge in [0.25, 0.3) is 0 Å². The van der Waals surface area contributed by atoms with E-state index in [9.17, 15) is 13.2 Å². The second-order valence-corrected chi connectivity index (χ2v) is 2.85. The molecule has 2 rings (SSSR count). The number of nitrogens with zero attached hydrogens (tertiary/aromatic N) is 3. The van der Waals surface area contributed by atoms with Crippen LogP contribution in [0.4, 0.5) is 18.9 Å². The van der Waals surface area contributed by atoms with Crippen molar-refractivity contribution in [1.29, 1.82) is 0 Å². The summed E-state index contributed by atoms with van der Waals surface area (Å²) in [6.07, 6.45) is -4.52. The van der Waals surface area contributed by atoms with Crippen molar-refractivity contribution in [2.24, 2.45) is 15.5 Å². The smallest absolute Gasteiger partial charge is 0.160 e. The van der Waals surface area contributed by atoms with Gasteiger partial charge in [-0.3, -0.25) is 0 Å². The minimum absolute atomic E-state index is 0.233. The maximum atomic E-state index is 12.4. The highest BCUT2D eigenvalue weighted by Crippen LogP contribution is 2.17. The molecular formula is C8H6F3N4+. The third kappa shape index (κ3) is 1.86. The van der Waals surface area contributed by atoms with Gasteiger partial charge in [-0.05, 0) is 0 Å². The second kappa shape index (κ2) is 3.43. The normalized spacial score (nSPS) is 20.5. The second-order valence-electron chi connectivity index (χ2n) is 2.85. The lowest BCUT2D eigenvalue weighted by Crippen LogP contribution is -3.06. The highest BCUT2D eigenvalue weighted by atomic mass is 19.4. The summed E-state index contributed by atoms with van der Waals surface area (Å²) in [5.41, 5.74) is 0.356. The van der Waals surface area contributed by atoms with E-state index in [-0.39, 0.29) is 5.01 Å². The van der Waals surface area contributed by atoms with Crippen LogP contribution in [0.25, 0.3) is 0 Å². The van der Waals surface area contributed by atoms with Crippen molar-refractivity contribution in [1.82, 2.24) is 0 Å². The first-order valence-corrected chi connectivity index (χ1v) is 4.07. The first-order valence-electron chi connectivity index (χ1n) is 4.07. The van der Waals surface area contributed by atoms with Crippen molar-refractivity contribution in [2.45, 2.75) is 6.18 Å². The Labute approximate surface area is 82.7 Å². The van der Waals surface area contributed by atoms with Crippen LogP contribution in [0.1, 0.15) is 0 Å². The number of nitrogens with one attached hydrogen (secondary N) is 1. The Balaban J connectivity index is 2.33. The molecule has 1 aliphatic heterocycles. The molecule has 1 aliphatic rings. The number of halogens is 3.